The third kappa shape index (κ3) is 8.75. The summed E-state index contributed by atoms with van der Waals surface area (Å²) in [7, 11) is 0. The van der Waals surface area contributed by atoms with Gasteiger partial charge >= 0.3 is 24.2 Å². The second-order valence-electron chi connectivity index (χ2n) is 10.9. The molecule has 0 heterocycles. The van der Waals surface area contributed by atoms with Gasteiger partial charge in [0.05, 0.1) is 0 Å². The van der Waals surface area contributed by atoms with Gasteiger partial charge in [0.25, 0.3) is 0 Å². The molecule has 5 rings (SSSR count). The summed E-state index contributed by atoms with van der Waals surface area (Å²) < 4.78 is 95.9. The molecule has 252 valence electrons. The van der Waals surface area contributed by atoms with Crippen LogP contribution >= 0.6 is 0 Å². The molecule has 0 unspecified atom stereocenters. The van der Waals surface area contributed by atoms with Crippen LogP contribution in [-0.4, -0.2) is 5.11 Å². The van der Waals surface area contributed by atoms with Crippen LogP contribution in [0.2, 0.25) is 0 Å². The SMILES string of the molecule is CC(c1ccc(O)cc1)(c1ccc(OCc2ccc(OC(F)=C(F)F)cc2)cc1)c1ccc(OCc2ccc(OC(F)=C(F)F)cc2)cc1. The van der Waals surface area contributed by atoms with E-state index in [1.54, 1.807) is 36.4 Å². The minimum absolute atomic E-state index is 0.0735. The summed E-state index contributed by atoms with van der Waals surface area (Å²) >= 11 is 0. The molecule has 0 radical (unpaired) electrons. The topological polar surface area (TPSA) is 57.2 Å². The molecule has 0 amide bonds. The molecule has 0 atom stereocenters. The van der Waals surface area contributed by atoms with E-state index in [4.69, 9.17) is 9.47 Å². The molecule has 0 spiro atoms. The molecule has 1 N–H and O–H groups in total. The van der Waals surface area contributed by atoms with Crippen molar-refractivity contribution in [1.82, 2.24) is 0 Å². The lowest BCUT2D eigenvalue weighted by Gasteiger charge is -2.32. The first kappa shape index (κ1) is 34.5. The van der Waals surface area contributed by atoms with E-state index in [-0.39, 0.29) is 30.5 Å². The Kier molecular flexibility index (Phi) is 10.8. The number of aromatic hydroxyl groups is 1. The lowest BCUT2D eigenvalue weighted by molar-refractivity contribution is 0.241. The lowest BCUT2D eigenvalue weighted by atomic mass is 9.71. The van der Waals surface area contributed by atoms with Gasteiger partial charge in [0.2, 0.25) is 0 Å². The van der Waals surface area contributed by atoms with Crippen molar-refractivity contribution in [3.8, 4) is 28.7 Å². The molecular formula is C38H28F6O5. The molecule has 0 aromatic heterocycles. The Hall–Kier alpha value is -5.84. The predicted octanol–water partition coefficient (Wildman–Crippen LogP) is 10.7. The summed E-state index contributed by atoms with van der Waals surface area (Å²) in [6.07, 6.45) is -5.08. The van der Waals surface area contributed by atoms with Crippen molar-refractivity contribution in [1.29, 1.82) is 0 Å². The zero-order valence-corrected chi connectivity index (χ0v) is 25.8. The molecular weight excluding hydrogens is 650 g/mol. The van der Waals surface area contributed by atoms with Crippen LogP contribution in [0.1, 0.15) is 34.7 Å². The molecule has 5 aromatic rings. The van der Waals surface area contributed by atoms with E-state index < -0.39 is 29.6 Å². The van der Waals surface area contributed by atoms with Crippen LogP contribution in [0.3, 0.4) is 0 Å². The van der Waals surface area contributed by atoms with Crippen LogP contribution in [0, 0.1) is 0 Å². The Morgan fingerprint density at radius 1 is 0.469 bits per heavy atom. The number of rotatable bonds is 13. The van der Waals surface area contributed by atoms with Crippen LogP contribution in [-0.2, 0) is 18.6 Å². The zero-order chi connectivity index (χ0) is 35.0. The highest BCUT2D eigenvalue weighted by molar-refractivity contribution is 5.52. The minimum atomic E-state index is -2.54. The maximum absolute atomic E-state index is 13.0. The van der Waals surface area contributed by atoms with Crippen LogP contribution in [0.15, 0.2) is 146 Å². The van der Waals surface area contributed by atoms with Crippen molar-refractivity contribution in [3.05, 3.63) is 173 Å². The largest absolute Gasteiger partial charge is 0.508 e. The number of hydrogen-bond acceptors (Lipinski definition) is 5. The van der Waals surface area contributed by atoms with Crippen LogP contribution in [0.25, 0.3) is 0 Å². The molecule has 0 aliphatic carbocycles. The van der Waals surface area contributed by atoms with Gasteiger partial charge in [0, 0.05) is 5.41 Å². The molecule has 0 saturated heterocycles. The Balaban J connectivity index is 1.28. The van der Waals surface area contributed by atoms with E-state index in [0.29, 0.717) is 22.6 Å². The lowest BCUT2D eigenvalue weighted by Crippen LogP contribution is -2.25. The van der Waals surface area contributed by atoms with Gasteiger partial charge in [-0.2, -0.15) is 26.3 Å². The quantitative estimate of drug-likeness (QED) is 0.0763. The van der Waals surface area contributed by atoms with Crippen molar-refractivity contribution in [2.45, 2.75) is 25.6 Å². The van der Waals surface area contributed by atoms with Crippen molar-refractivity contribution < 1.29 is 50.4 Å². The van der Waals surface area contributed by atoms with Gasteiger partial charge in [-0.15, -0.1) is 0 Å². The first-order chi connectivity index (χ1) is 23.5. The maximum Gasteiger partial charge on any atom is 0.344 e. The minimum Gasteiger partial charge on any atom is -0.508 e. The third-order valence-corrected chi connectivity index (χ3v) is 7.68. The third-order valence-electron chi connectivity index (χ3n) is 7.68. The van der Waals surface area contributed by atoms with Crippen LogP contribution < -0.4 is 18.9 Å². The van der Waals surface area contributed by atoms with E-state index in [1.807, 2.05) is 60.7 Å². The van der Waals surface area contributed by atoms with E-state index in [2.05, 4.69) is 16.4 Å². The molecule has 5 aromatic carbocycles. The molecule has 0 aliphatic rings. The summed E-state index contributed by atoms with van der Waals surface area (Å²) in [6, 6.07) is 29.8. The van der Waals surface area contributed by atoms with Crippen molar-refractivity contribution in [3.63, 3.8) is 0 Å². The first-order valence-corrected chi connectivity index (χ1v) is 14.7. The Morgan fingerprint density at radius 3 is 1.10 bits per heavy atom. The van der Waals surface area contributed by atoms with Gasteiger partial charge in [0.1, 0.15) is 42.0 Å². The highest BCUT2D eigenvalue weighted by Gasteiger charge is 2.31. The highest BCUT2D eigenvalue weighted by Crippen LogP contribution is 2.40. The van der Waals surface area contributed by atoms with Gasteiger partial charge in [-0.3, -0.25) is 0 Å². The summed E-state index contributed by atoms with van der Waals surface area (Å²) in [5, 5.41) is 9.95. The molecule has 0 aliphatic heterocycles. The average Bonchev–Trinajstić information content (AvgIpc) is 3.11. The Morgan fingerprint density at radius 2 is 0.776 bits per heavy atom. The number of hydrogen-bond donors (Lipinski definition) is 1. The smallest absolute Gasteiger partial charge is 0.344 e. The highest BCUT2D eigenvalue weighted by atomic mass is 19.3. The summed E-state index contributed by atoms with van der Waals surface area (Å²) in [5.41, 5.74) is 3.52. The maximum atomic E-state index is 13.0. The van der Waals surface area contributed by atoms with Gasteiger partial charge in [-0.25, -0.2) is 0 Å². The Labute approximate surface area is 277 Å². The predicted molar refractivity (Wildman–Crippen MR) is 170 cm³/mol. The standard InChI is InChI=1S/C38H28F6O5/c1-38(26-6-12-29(45)13-7-26,27-8-18-30(19-9-27)46-22-24-2-14-32(15-3-24)48-36(43)34(39)40)28-10-20-31(21-11-28)47-23-25-4-16-33(17-5-25)49-37(44)35(41)42/h2-21,45H,22-23H2,1H3. The fraction of sp³-hybridized carbons (Fsp3) is 0.105. The number of halogens is 6. The first-order valence-electron chi connectivity index (χ1n) is 14.7. The van der Waals surface area contributed by atoms with Crippen molar-refractivity contribution in [2.24, 2.45) is 0 Å². The fourth-order valence-electron chi connectivity index (χ4n) is 4.99. The Bertz CT molecular complexity index is 1780. The molecule has 11 heteroatoms. The number of phenolic OH excluding ortho intramolecular Hbond substituents is 1. The summed E-state index contributed by atoms with van der Waals surface area (Å²) in [5.74, 6) is 1.13. The molecule has 0 fully saturated rings. The van der Waals surface area contributed by atoms with E-state index in [0.717, 1.165) is 16.7 Å². The van der Waals surface area contributed by atoms with Gasteiger partial charge in [-0.05, 0) is 95.4 Å². The fourth-order valence-corrected chi connectivity index (χ4v) is 4.99. The second-order valence-corrected chi connectivity index (χ2v) is 10.9. The van der Waals surface area contributed by atoms with Crippen LogP contribution in [0.5, 0.6) is 28.7 Å². The molecule has 5 nitrogen and oxygen atoms in total. The number of phenols is 1. The second kappa shape index (κ2) is 15.4. The van der Waals surface area contributed by atoms with Gasteiger partial charge in [0.15, 0.2) is 0 Å². The normalized spacial score (nSPS) is 11.0. The number of benzene rings is 5. The van der Waals surface area contributed by atoms with Crippen molar-refractivity contribution >= 4 is 0 Å². The molecule has 49 heavy (non-hydrogen) atoms. The van der Waals surface area contributed by atoms with Crippen LogP contribution in [0.4, 0.5) is 26.3 Å². The monoisotopic (exact) mass is 678 g/mol. The van der Waals surface area contributed by atoms with Gasteiger partial charge < -0.3 is 24.1 Å². The van der Waals surface area contributed by atoms with E-state index >= 15 is 0 Å². The van der Waals surface area contributed by atoms with Gasteiger partial charge in [-0.1, -0.05) is 60.7 Å². The average molecular weight is 679 g/mol. The van der Waals surface area contributed by atoms with E-state index in [1.165, 1.54) is 24.3 Å². The van der Waals surface area contributed by atoms with Crippen molar-refractivity contribution in [2.75, 3.05) is 0 Å². The zero-order valence-electron chi connectivity index (χ0n) is 25.8. The summed E-state index contributed by atoms with van der Waals surface area (Å²) in [4.78, 5) is 0. The number of ether oxygens (including phenoxy) is 4. The molecule has 0 saturated carbocycles. The molecule has 0 bridgehead atoms. The van der Waals surface area contributed by atoms with E-state index in [9.17, 15) is 31.4 Å². The summed E-state index contributed by atoms with van der Waals surface area (Å²) in [6.45, 7) is 2.39.